The predicted molar refractivity (Wildman–Crippen MR) is 118 cm³/mol. The van der Waals surface area contributed by atoms with Gasteiger partial charge in [0.25, 0.3) is 5.91 Å². The van der Waals surface area contributed by atoms with Crippen LogP contribution in [0.3, 0.4) is 0 Å². The van der Waals surface area contributed by atoms with Crippen LogP contribution in [0.5, 0.6) is 0 Å². The number of nitrogens with one attached hydrogen (secondary N) is 1. The van der Waals surface area contributed by atoms with Gasteiger partial charge in [0.2, 0.25) is 0 Å². The molecule has 0 aliphatic heterocycles. The van der Waals surface area contributed by atoms with E-state index in [2.05, 4.69) is 40.2 Å². The van der Waals surface area contributed by atoms with E-state index in [1.54, 1.807) is 23.0 Å². The lowest BCUT2D eigenvalue weighted by molar-refractivity contribution is 0.0925. The van der Waals surface area contributed by atoms with Gasteiger partial charge in [0.05, 0.1) is 39.2 Å². The van der Waals surface area contributed by atoms with Crippen molar-refractivity contribution in [2.24, 2.45) is 5.92 Å². The first-order chi connectivity index (χ1) is 13.3. The molecule has 28 heavy (non-hydrogen) atoms. The van der Waals surface area contributed by atoms with Crippen molar-refractivity contribution in [3.8, 4) is 5.69 Å². The van der Waals surface area contributed by atoms with Crippen molar-refractivity contribution in [3.63, 3.8) is 0 Å². The Morgan fingerprint density at radius 1 is 1.14 bits per heavy atom. The van der Waals surface area contributed by atoms with Gasteiger partial charge in [-0.3, -0.25) is 4.79 Å². The van der Waals surface area contributed by atoms with Crippen molar-refractivity contribution in [1.29, 1.82) is 0 Å². The zero-order valence-corrected chi connectivity index (χ0v) is 18.8. The van der Waals surface area contributed by atoms with Crippen LogP contribution < -0.4 is 5.32 Å². The molecule has 0 radical (unpaired) electrons. The Kier molecular flexibility index (Phi) is 6.48. The summed E-state index contributed by atoms with van der Waals surface area (Å²) in [6.45, 7) is 6.02. The number of hydrogen-bond acceptors (Lipinski definition) is 2. The molecule has 146 valence electrons. The van der Waals surface area contributed by atoms with Crippen LogP contribution >= 0.6 is 39.1 Å². The largest absolute Gasteiger partial charge is 0.345 e. The highest BCUT2D eigenvalue weighted by Gasteiger charge is 2.22. The first kappa shape index (κ1) is 20.9. The van der Waals surface area contributed by atoms with Crippen molar-refractivity contribution in [2.45, 2.75) is 26.8 Å². The third kappa shape index (κ3) is 4.43. The molecule has 1 aromatic heterocycles. The first-order valence-corrected chi connectivity index (χ1v) is 10.4. The van der Waals surface area contributed by atoms with Crippen molar-refractivity contribution < 1.29 is 4.79 Å². The van der Waals surface area contributed by atoms with Crippen molar-refractivity contribution in [2.75, 3.05) is 0 Å². The smallest absolute Gasteiger partial charge is 0.255 e. The van der Waals surface area contributed by atoms with Crippen molar-refractivity contribution >= 4 is 45.0 Å². The minimum atomic E-state index is -0.164. The van der Waals surface area contributed by atoms with Crippen LogP contribution in [-0.2, 0) is 0 Å². The number of halogens is 3. The summed E-state index contributed by atoms with van der Waals surface area (Å²) in [4.78, 5) is 13.0. The monoisotopic (exact) mass is 479 g/mol. The Morgan fingerprint density at radius 2 is 1.89 bits per heavy atom. The molecule has 1 N–H and O–H groups in total. The topological polar surface area (TPSA) is 46.9 Å². The van der Waals surface area contributed by atoms with Gasteiger partial charge in [-0.2, -0.15) is 5.10 Å². The maximum absolute atomic E-state index is 13.0. The van der Waals surface area contributed by atoms with Gasteiger partial charge in [-0.05, 0) is 48.7 Å². The number of amides is 1. The van der Waals surface area contributed by atoms with E-state index in [1.165, 1.54) is 0 Å². The number of benzene rings is 2. The number of hydrogen-bond donors (Lipinski definition) is 1. The van der Waals surface area contributed by atoms with E-state index in [-0.39, 0.29) is 17.9 Å². The molecule has 3 rings (SSSR count). The van der Waals surface area contributed by atoms with Gasteiger partial charge >= 0.3 is 0 Å². The molecule has 0 aliphatic rings. The zero-order chi connectivity index (χ0) is 20.4. The number of carbonyl (C=O) groups excluding carboxylic acids is 1. The van der Waals surface area contributed by atoms with Gasteiger partial charge < -0.3 is 5.32 Å². The van der Waals surface area contributed by atoms with E-state index in [1.807, 2.05) is 37.3 Å². The van der Waals surface area contributed by atoms with E-state index in [4.69, 9.17) is 23.2 Å². The van der Waals surface area contributed by atoms with Crippen LogP contribution in [0.4, 0.5) is 0 Å². The Hall–Kier alpha value is -1.82. The molecule has 0 spiro atoms. The molecule has 0 aliphatic carbocycles. The summed E-state index contributed by atoms with van der Waals surface area (Å²) in [6, 6.07) is 13.1. The Balaban J connectivity index is 1.88. The predicted octanol–water partition coefficient (Wildman–Crippen LogP) is 6.38. The summed E-state index contributed by atoms with van der Waals surface area (Å²) < 4.78 is 2.66. The Morgan fingerprint density at radius 3 is 2.54 bits per heavy atom. The molecule has 0 fully saturated rings. The van der Waals surface area contributed by atoms with Crippen LogP contribution in [0.15, 0.2) is 53.1 Å². The van der Waals surface area contributed by atoms with Gasteiger partial charge in [-0.15, -0.1) is 0 Å². The highest BCUT2D eigenvalue weighted by molar-refractivity contribution is 9.10. The summed E-state index contributed by atoms with van der Waals surface area (Å²) in [6.07, 6.45) is 1.57. The maximum atomic E-state index is 13.0. The van der Waals surface area contributed by atoms with Crippen LogP contribution in [-0.4, -0.2) is 15.7 Å². The summed E-state index contributed by atoms with van der Waals surface area (Å²) in [5.74, 6) is 0.0613. The number of rotatable bonds is 5. The molecule has 1 heterocycles. The van der Waals surface area contributed by atoms with Crippen LogP contribution in [0.25, 0.3) is 5.69 Å². The third-order valence-corrected chi connectivity index (χ3v) is 5.80. The summed E-state index contributed by atoms with van der Waals surface area (Å²) in [5, 5.41) is 8.42. The lowest BCUT2D eigenvalue weighted by atomic mass is 9.95. The molecule has 0 saturated carbocycles. The fraction of sp³-hybridized carbons (Fsp3) is 0.238. The molecule has 7 heteroatoms. The second kappa shape index (κ2) is 8.68. The minimum Gasteiger partial charge on any atom is -0.345 e. The molecule has 0 bridgehead atoms. The van der Waals surface area contributed by atoms with Gasteiger partial charge in [0, 0.05) is 4.47 Å². The number of aromatic nitrogens is 2. The Bertz CT molecular complexity index is 1020. The van der Waals surface area contributed by atoms with Gasteiger partial charge in [0.15, 0.2) is 0 Å². The molecule has 1 amide bonds. The van der Waals surface area contributed by atoms with Gasteiger partial charge in [0.1, 0.15) is 0 Å². The Labute approximate surface area is 183 Å². The highest BCUT2D eigenvalue weighted by atomic mass is 79.9. The van der Waals surface area contributed by atoms with E-state index in [0.717, 1.165) is 21.4 Å². The number of carbonyl (C=O) groups is 1. The summed E-state index contributed by atoms with van der Waals surface area (Å²) in [5.41, 5.74) is 3.05. The molecule has 0 unspecified atom stereocenters. The standard InChI is InChI=1S/C21H20BrCl2N3O/c1-12(2)20(14-5-4-6-15(22)9-14)26-21(28)17-11-25-27(13(17)3)16-7-8-18(23)19(24)10-16/h4-12,20H,1-3H3,(H,26,28)/t20-/m0/s1. The SMILES string of the molecule is Cc1c(C(=O)N[C@H](c2cccc(Br)c2)C(C)C)cnn1-c1ccc(Cl)c(Cl)c1. The number of nitrogens with zero attached hydrogens (tertiary/aromatic N) is 2. The van der Waals surface area contributed by atoms with E-state index in [0.29, 0.717) is 15.6 Å². The first-order valence-electron chi connectivity index (χ1n) is 8.84. The second-order valence-corrected chi connectivity index (χ2v) is 8.63. The maximum Gasteiger partial charge on any atom is 0.255 e. The molecule has 0 saturated heterocycles. The average molecular weight is 481 g/mol. The van der Waals surface area contributed by atoms with Crippen molar-refractivity contribution in [3.05, 3.63) is 80.0 Å². The van der Waals surface area contributed by atoms with Crippen molar-refractivity contribution in [1.82, 2.24) is 15.1 Å². The molecule has 2 aromatic carbocycles. The van der Waals surface area contributed by atoms with Crippen LogP contribution in [0.1, 0.15) is 41.5 Å². The normalized spacial score (nSPS) is 12.2. The molecular weight excluding hydrogens is 461 g/mol. The molecule has 3 aromatic rings. The zero-order valence-electron chi connectivity index (χ0n) is 15.7. The van der Waals surface area contributed by atoms with E-state index in [9.17, 15) is 4.79 Å². The van der Waals surface area contributed by atoms with Crippen LogP contribution in [0.2, 0.25) is 10.0 Å². The lowest BCUT2D eigenvalue weighted by Gasteiger charge is -2.23. The molecule has 1 atom stereocenters. The lowest BCUT2D eigenvalue weighted by Crippen LogP contribution is -2.32. The fourth-order valence-corrected chi connectivity index (χ4v) is 3.77. The molecule has 4 nitrogen and oxygen atoms in total. The van der Waals surface area contributed by atoms with E-state index < -0.39 is 0 Å². The third-order valence-electron chi connectivity index (χ3n) is 4.56. The average Bonchev–Trinajstić information content (AvgIpc) is 3.03. The van der Waals surface area contributed by atoms with Gasteiger partial charge in [-0.25, -0.2) is 4.68 Å². The van der Waals surface area contributed by atoms with Gasteiger partial charge in [-0.1, -0.05) is 65.1 Å². The summed E-state index contributed by atoms with van der Waals surface area (Å²) in [7, 11) is 0. The highest BCUT2D eigenvalue weighted by Crippen LogP contribution is 2.27. The fourth-order valence-electron chi connectivity index (χ4n) is 3.06. The second-order valence-electron chi connectivity index (χ2n) is 6.90. The van der Waals surface area contributed by atoms with Crippen LogP contribution in [0, 0.1) is 12.8 Å². The molecular formula is C21H20BrCl2N3O. The van der Waals surface area contributed by atoms with E-state index >= 15 is 0 Å². The summed E-state index contributed by atoms with van der Waals surface area (Å²) >= 11 is 15.6. The minimum absolute atomic E-state index is 0.113. The quantitative estimate of drug-likeness (QED) is 0.460.